The van der Waals surface area contributed by atoms with E-state index >= 15 is 0 Å². The zero-order chi connectivity index (χ0) is 34.0. The number of hydrogen-bond donors (Lipinski definition) is 2. The Hall–Kier alpha value is -2.60. The molecule has 0 spiro atoms. The largest absolute Gasteiger partial charge is 0.460 e. The molecule has 3 aliphatic rings. The number of nitrogens with zero attached hydrogens (tertiary/aromatic N) is 1. The first-order valence-electron chi connectivity index (χ1n) is 15.9. The van der Waals surface area contributed by atoms with Crippen molar-refractivity contribution in [2.75, 3.05) is 13.2 Å². The molecule has 2 N–H and O–H groups in total. The van der Waals surface area contributed by atoms with Crippen molar-refractivity contribution >= 4 is 33.6 Å². The van der Waals surface area contributed by atoms with E-state index in [2.05, 4.69) is 20.1 Å². The number of aliphatic hydroxyl groups is 1. The van der Waals surface area contributed by atoms with E-state index in [1.54, 1.807) is 20.8 Å². The minimum Gasteiger partial charge on any atom is -0.460 e. The van der Waals surface area contributed by atoms with Gasteiger partial charge < -0.3 is 14.7 Å². The lowest BCUT2D eigenvalue weighted by molar-refractivity contribution is -0.160. The normalized spacial score (nSPS) is 27.5. The van der Waals surface area contributed by atoms with Crippen LogP contribution in [0.3, 0.4) is 0 Å². The summed E-state index contributed by atoms with van der Waals surface area (Å²) in [5.74, 6) is -3.68. The van der Waals surface area contributed by atoms with Crippen LogP contribution in [0, 0.1) is 29.1 Å². The number of carbonyl (C=O) groups excluding carboxylic acids is 4. The number of amides is 2. The van der Waals surface area contributed by atoms with Crippen LogP contribution in [0.5, 0.6) is 0 Å². The Bertz CT molecular complexity index is 1270. The van der Waals surface area contributed by atoms with Gasteiger partial charge in [0.15, 0.2) is 5.78 Å². The smallest absolute Gasteiger partial charge is 0.307 e. The molecule has 0 bridgehead atoms. The first-order chi connectivity index (χ1) is 20.8. The van der Waals surface area contributed by atoms with Gasteiger partial charge in [-0.1, -0.05) is 26.0 Å². The Kier molecular flexibility index (Phi) is 11.5. The fraction of sp³-hybridized carbons (Fsp3) is 0.758. The lowest BCUT2D eigenvalue weighted by Crippen LogP contribution is -2.48. The molecule has 254 valence electrons. The summed E-state index contributed by atoms with van der Waals surface area (Å²) in [5, 5.41) is 10.6. The monoisotopic (exact) mass is 654 g/mol. The molecule has 1 heterocycles. The number of Topliss-reactive ketones (excluding diaryl/α,β-unsaturated/α-hetero) is 1. The lowest BCUT2D eigenvalue weighted by atomic mass is 9.82. The Morgan fingerprint density at radius 1 is 1.18 bits per heavy atom. The molecule has 0 aromatic carbocycles. The molecule has 3 rings (SSSR count). The van der Waals surface area contributed by atoms with Crippen LogP contribution in [-0.4, -0.2) is 77.7 Å². The fourth-order valence-corrected chi connectivity index (χ4v) is 8.00. The van der Waals surface area contributed by atoms with Gasteiger partial charge in [-0.15, -0.1) is 13.2 Å². The highest BCUT2D eigenvalue weighted by atomic mass is 32.2. The molecule has 3 fully saturated rings. The van der Waals surface area contributed by atoms with Gasteiger partial charge in [0.2, 0.25) is 21.8 Å². The van der Waals surface area contributed by atoms with Gasteiger partial charge in [-0.25, -0.2) is 12.8 Å². The summed E-state index contributed by atoms with van der Waals surface area (Å²) in [6.45, 7) is 15.4. The van der Waals surface area contributed by atoms with Crippen molar-refractivity contribution in [2.45, 2.75) is 115 Å². The van der Waals surface area contributed by atoms with Crippen molar-refractivity contribution in [1.82, 2.24) is 9.62 Å². The van der Waals surface area contributed by atoms with Crippen molar-refractivity contribution in [1.29, 1.82) is 0 Å². The number of rotatable bonds is 17. The Morgan fingerprint density at radius 2 is 1.82 bits per heavy atom. The van der Waals surface area contributed by atoms with E-state index < -0.39 is 80.0 Å². The SMILES string of the molecule is C=CCCC(C)C[C@@H](C)C(CC(=O)OC(C)(C)C)C(=O)N1C[C@H](O)C[C@H]1C(=O)C[C@]1(C(=O)NS(=O)(=O)C2(CF)CC2)C[C@H]1C=C. The highest BCUT2D eigenvalue weighted by Gasteiger charge is 2.63. The van der Waals surface area contributed by atoms with Crippen molar-refractivity contribution in [3.05, 3.63) is 25.3 Å². The van der Waals surface area contributed by atoms with E-state index in [4.69, 9.17) is 4.74 Å². The van der Waals surface area contributed by atoms with Gasteiger partial charge in [0.1, 0.15) is 17.0 Å². The number of aliphatic hydroxyl groups excluding tert-OH is 1. The molecule has 10 nitrogen and oxygen atoms in total. The summed E-state index contributed by atoms with van der Waals surface area (Å²) in [5.41, 5.74) is -2.16. The van der Waals surface area contributed by atoms with Crippen molar-refractivity contribution in [3.63, 3.8) is 0 Å². The molecule has 1 saturated heterocycles. The predicted octanol–water partition coefficient (Wildman–Crippen LogP) is 4.02. The summed E-state index contributed by atoms with van der Waals surface area (Å²) in [6, 6.07) is -1.06. The molecule has 7 atom stereocenters. The van der Waals surface area contributed by atoms with Crippen molar-refractivity contribution in [2.24, 2.45) is 29.1 Å². The number of ketones is 1. The van der Waals surface area contributed by atoms with Crippen LogP contribution in [0.1, 0.15) is 92.4 Å². The molecule has 2 aliphatic carbocycles. The number of nitrogens with one attached hydrogen (secondary N) is 1. The topological polar surface area (TPSA) is 147 Å². The Morgan fingerprint density at radius 3 is 2.33 bits per heavy atom. The second-order valence-corrected chi connectivity index (χ2v) is 16.7. The maximum atomic E-state index is 14.1. The Balaban J connectivity index is 1.82. The first kappa shape index (κ1) is 36.9. The zero-order valence-corrected chi connectivity index (χ0v) is 28.2. The minimum atomic E-state index is -4.30. The van der Waals surface area contributed by atoms with Crippen LogP contribution in [0.4, 0.5) is 4.39 Å². The fourth-order valence-electron chi connectivity index (χ4n) is 6.55. The van der Waals surface area contributed by atoms with E-state index in [9.17, 15) is 37.1 Å². The molecular formula is C33H51FN2O8S. The maximum absolute atomic E-state index is 14.1. The number of sulfonamides is 1. The zero-order valence-electron chi connectivity index (χ0n) is 27.3. The number of ether oxygens (including phenoxy) is 1. The second-order valence-electron chi connectivity index (χ2n) is 14.6. The quantitative estimate of drug-likeness (QED) is 0.177. The molecule has 2 saturated carbocycles. The summed E-state index contributed by atoms with van der Waals surface area (Å²) in [7, 11) is -4.30. The van der Waals surface area contributed by atoms with E-state index in [-0.39, 0.29) is 56.9 Å². The molecule has 12 heteroatoms. The highest BCUT2D eigenvalue weighted by Crippen LogP contribution is 2.57. The third kappa shape index (κ3) is 8.61. The van der Waals surface area contributed by atoms with Gasteiger partial charge in [0.25, 0.3) is 0 Å². The molecule has 0 radical (unpaired) electrons. The van der Waals surface area contributed by atoms with Crippen molar-refractivity contribution < 1.29 is 41.8 Å². The summed E-state index contributed by atoms with van der Waals surface area (Å²) in [6.07, 6.45) is 4.41. The van der Waals surface area contributed by atoms with Crippen LogP contribution >= 0.6 is 0 Å². The number of likely N-dealkylation sites (tertiary alicyclic amines) is 1. The average molecular weight is 655 g/mol. The average Bonchev–Trinajstić information content (AvgIpc) is 3.84. The van der Waals surface area contributed by atoms with Crippen LogP contribution in [0.15, 0.2) is 25.3 Å². The number of hydrogen-bond acceptors (Lipinski definition) is 8. The number of carbonyl (C=O) groups is 4. The predicted molar refractivity (Wildman–Crippen MR) is 168 cm³/mol. The van der Waals surface area contributed by atoms with Gasteiger partial charge >= 0.3 is 5.97 Å². The summed E-state index contributed by atoms with van der Waals surface area (Å²) < 4.78 is 45.0. The van der Waals surface area contributed by atoms with Gasteiger partial charge in [0.05, 0.1) is 29.9 Å². The summed E-state index contributed by atoms with van der Waals surface area (Å²) >= 11 is 0. The molecule has 2 amide bonds. The van der Waals surface area contributed by atoms with Crippen LogP contribution in [-0.2, 0) is 33.9 Å². The first-order valence-corrected chi connectivity index (χ1v) is 17.4. The minimum absolute atomic E-state index is 0.0481. The van der Waals surface area contributed by atoms with Crippen LogP contribution in [0.2, 0.25) is 0 Å². The van der Waals surface area contributed by atoms with Gasteiger partial charge in [0, 0.05) is 19.4 Å². The molecule has 45 heavy (non-hydrogen) atoms. The van der Waals surface area contributed by atoms with E-state index in [1.165, 1.54) is 11.0 Å². The number of esters is 1. The van der Waals surface area contributed by atoms with E-state index in [0.717, 1.165) is 12.8 Å². The molecule has 0 aromatic heterocycles. The maximum Gasteiger partial charge on any atom is 0.307 e. The standard InChI is InChI=1S/C33H51FN2O8S/c1-8-10-11-21(3)14-22(4)25(16-28(39)44-31(5,6)7)29(40)36-19-24(37)15-26(36)27(38)18-33(17-23(33)9-2)30(41)35-45(42,43)32(20-34)12-13-32/h8-9,21-26,37H,1-2,10-20H2,3-7H3,(H,35,41)/t21?,22-,23-,24-,25?,26+,33-/m1/s1. The van der Waals surface area contributed by atoms with Crippen LogP contribution in [0.25, 0.3) is 0 Å². The number of halogens is 1. The third-order valence-electron chi connectivity index (χ3n) is 9.59. The van der Waals surface area contributed by atoms with Gasteiger partial charge in [-0.2, -0.15) is 0 Å². The summed E-state index contributed by atoms with van der Waals surface area (Å²) in [4.78, 5) is 55.6. The van der Waals surface area contributed by atoms with Gasteiger partial charge in [-0.3, -0.25) is 23.9 Å². The van der Waals surface area contributed by atoms with E-state index in [0.29, 0.717) is 6.42 Å². The molecule has 0 aromatic rings. The molecule has 1 aliphatic heterocycles. The Labute approximate surface area is 267 Å². The third-order valence-corrected chi connectivity index (χ3v) is 11.7. The molecule has 2 unspecified atom stereocenters. The number of β-amino-alcohol motifs (C(OH)–C–C–N with tert-alkyl or cyclic N) is 1. The lowest BCUT2D eigenvalue weighted by Gasteiger charge is -2.32. The number of allylic oxidation sites excluding steroid dienone is 2. The van der Waals surface area contributed by atoms with Crippen molar-refractivity contribution in [3.8, 4) is 0 Å². The number of alkyl halides is 1. The molecular weight excluding hydrogens is 603 g/mol. The van der Waals surface area contributed by atoms with Crippen LogP contribution < -0.4 is 4.72 Å². The van der Waals surface area contributed by atoms with E-state index in [1.807, 2.05) is 17.7 Å². The highest BCUT2D eigenvalue weighted by molar-refractivity contribution is 7.91. The van der Waals surface area contributed by atoms with Gasteiger partial charge in [-0.05, 0) is 77.0 Å². The second kappa shape index (κ2) is 14.0.